The lowest BCUT2D eigenvalue weighted by atomic mass is 9.74. The van der Waals surface area contributed by atoms with Crippen LogP contribution in [0.5, 0.6) is 0 Å². The summed E-state index contributed by atoms with van der Waals surface area (Å²) in [4.78, 5) is 53.7. The molecular formula is C55H74ClFN6O4. The smallest absolute Gasteiger partial charge is 0.220 e. The van der Waals surface area contributed by atoms with E-state index >= 15 is 0 Å². The second-order valence-electron chi connectivity index (χ2n) is 19.3. The van der Waals surface area contributed by atoms with Crippen molar-refractivity contribution in [1.29, 1.82) is 0 Å². The third-order valence-electron chi connectivity index (χ3n) is 13.9. The van der Waals surface area contributed by atoms with Crippen LogP contribution < -0.4 is 21.3 Å². The van der Waals surface area contributed by atoms with E-state index in [1.54, 1.807) is 18.2 Å². The first kappa shape index (κ1) is 52.9. The molecular weight excluding hydrogens is 863 g/mol. The van der Waals surface area contributed by atoms with Crippen molar-refractivity contribution in [3.8, 4) is 0 Å². The summed E-state index contributed by atoms with van der Waals surface area (Å²) in [6.45, 7) is 4.94. The van der Waals surface area contributed by atoms with Gasteiger partial charge in [0.25, 0.3) is 0 Å². The van der Waals surface area contributed by atoms with E-state index in [4.69, 9.17) is 11.6 Å². The number of hydrogen-bond donors (Lipinski definition) is 4. The van der Waals surface area contributed by atoms with Gasteiger partial charge in [0.1, 0.15) is 5.82 Å². The van der Waals surface area contributed by atoms with Crippen LogP contribution in [0, 0.1) is 19.7 Å². The lowest BCUT2D eigenvalue weighted by Crippen LogP contribution is -2.52. The third-order valence-corrected chi connectivity index (χ3v) is 14.2. The molecule has 0 aromatic heterocycles. The lowest BCUT2D eigenvalue weighted by molar-refractivity contribution is -0.127. The minimum atomic E-state index is -0.343. The normalized spacial score (nSPS) is 20.3. The Balaban J connectivity index is 0.000000251. The van der Waals surface area contributed by atoms with Gasteiger partial charge in [-0.05, 0) is 148 Å². The Bertz CT molecular complexity index is 2220. The highest BCUT2D eigenvalue weighted by molar-refractivity contribution is 6.30. The molecule has 12 heteroatoms. The molecule has 2 saturated carbocycles. The summed E-state index contributed by atoms with van der Waals surface area (Å²) in [5.41, 5.74) is 7.08. The molecule has 4 amide bonds. The predicted octanol–water partition coefficient (Wildman–Crippen LogP) is 8.82. The molecule has 0 atom stereocenters. The number of carbonyl (C=O) groups is 4. The molecule has 0 radical (unpaired) electrons. The van der Waals surface area contributed by atoms with Gasteiger partial charge in [0.15, 0.2) is 0 Å². The van der Waals surface area contributed by atoms with E-state index in [0.717, 1.165) is 76.2 Å². The Morgan fingerprint density at radius 2 is 1.03 bits per heavy atom. The van der Waals surface area contributed by atoms with E-state index in [9.17, 15) is 23.6 Å². The molecule has 2 fully saturated rings. The van der Waals surface area contributed by atoms with Crippen LogP contribution in [0.25, 0.3) is 0 Å². The quantitative estimate of drug-likeness (QED) is 0.0746. The highest BCUT2D eigenvalue weighted by Crippen LogP contribution is 2.37. The molecule has 0 heterocycles. The molecule has 0 bridgehead atoms. The molecule has 0 unspecified atom stereocenters. The number of hydrogen-bond acceptors (Lipinski definition) is 6. The zero-order valence-corrected chi connectivity index (χ0v) is 41.5. The first-order valence-electron chi connectivity index (χ1n) is 24.1. The van der Waals surface area contributed by atoms with Crippen LogP contribution in [0.1, 0.15) is 110 Å². The predicted molar refractivity (Wildman–Crippen MR) is 268 cm³/mol. The zero-order valence-electron chi connectivity index (χ0n) is 40.7. The second-order valence-corrected chi connectivity index (χ2v) is 19.8. The van der Waals surface area contributed by atoms with Crippen molar-refractivity contribution in [2.75, 3.05) is 34.7 Å². The van der Waals surface area contributed by atoms with E-state index in [2.05, 4.69) is 122 Å². The van der Waals surface area contributed by atoms with Crippen molar-refractivity contribution < 1.29 is 23.6 Å². The molecule has 0 spiro atoms. The zero-order chi connectivity index (χ0) is 48.4. The summed E-state index contributed by atoms with van der Waals surface area (Å²) in [5, 5.41) is 12.6. The first-order chi connectivity index (χ1) is 32.0. The number of halogens is 2. The number of aryl methyl sites for hydroxylation is 2. The minimum absolute atomic E-state index is 0.0334. The summed E-state index contributed by atoms with van der Waals surface area (Å²) in [5.74, 6) is -0.811. The van der Waals surface area contributed by atoms with Crippen molar-refractivity contribution in [1.82, 2.24) is 31.1 Å². The van der Waals surface area contributed by atoms with E-state index in [0.29, 0.717) is 17.1 Å². The number of amides is 4. The Hall–Kier alpha value is -5.10. The van der Waals surface area contributed by atoms with Crippen LogP contribution in [-0.4, -0.2) is 91.3 Å². The highest BCUT2D eigenvalue weighted by atomic mass is 35.5. The standard InChI is InChI=1S/C28H38ClN3O2.C27H36FN3O2/c1-21-5-4-6-23(19-21)20-28(32(2)3)16-13-25(14-17-28)31-27(34)12-11-26(33)30-18-15-22-7-9-24(29)10-8-22;1-20-7-6-8-21(17-20)18-27(31(2)3)15-13-23(14-16-27)30-26(33)12-11-25(32)29-19-22-9-4-5-10-24(22)28/h4-10,19,25H,11-18,20H2,1-3H3,(H,30,33)(H,31,34);4-10,17,23H,11-16,18-19H2,1-3H3,(H,29,32)(H,30,33). The number of likely N-dealkylation sites (N-methyl/N-ethyl adjacent to an activating group) is 2. The molecule has 362 valence electrons. The molecule has 67 heavy (non-hydrogen) atoms. The van der Waals surface area contributed by atoms with E-state index in [1.165, 1.54) is 28.3 Å². The molecule has 2 aliphatic rings. The van der Waals surface area contributed by atoms with Crippen LogP contribution in [0.15, 0.2) is 97.1 Å². The van der Waals surface area contributed by atoms with Crippen molar-refractivity contribution in [3.05, 3.63) is 141 Å². The summed E-state index contributed by atoms with van der Waals surface area (Å²) in [6.07, 6.45) is 11.4. The Labute approximate surface area is 404 Å². The summed E-state index contributed by atoms with van der Waals surface area (Å²) in [7, 11) is 8.63. The molecule has 6 rings (SSSR count). The monoisotopic (exact) mass is 937 g/mol. The maximum Gasteiger partial charge on any atom is 0.220 e. The van der Waals surface area contributed by atoms with Gasteiger partial charge in [0.05, 0.1) is 0 Å². The van der Waals surface area contributed by atoms with Gasteiger partial charge in [-0.15, -0.1) is 0 Å². The molecule has 0 saturated heterocycles. The SMILES string of the molecule is Cc1cccc(CC2(N(C)C)CCC(NC(=O)CCC(=O)NCCc3ccc(Cl)cc3)CC2)c1.Cc1cccc(CC2(N(C)C)CCC(NC(=O)CCC(=O)NCc3ccccc3F)CC2)c1. The van der Waals surface area contributed by atoms with Crippen LogP contribution in [0.2, 0.25) is 5.02 Å². The van der Waals surface area contributed by atoms with E-state index in [1.807, 2.05) is 24.3 Å². The fourth-order valence-corrected chi connectivity index (χ4v) is 9.76. The number of benzene rings is 4. The Morgan fingerprint density at radius 1 is 0.582 bits per heavy atom. The van der Waals surface area contributed by atoms with Crippen LogP contribution in [0.4, 0.5) is 4.39 Å². The van der Waals surface area contributed by atoms with Gasteiger partial charge in [-0.3, -0.25) is 19.2 Å². The number of nitrogens with one attached hydrogen (secondary N) is 4. The third kappa shape index (κ3) is 17.2. The van der Waals surface area contributed by atoms with E-state index < -0.39 is 0 Å². The van der Waals surface area contributed by atoms with Crippen LogP contribution in [0.3, 0.4) is 0 Å². The number of carbonyl (C=O) groups excluding carboxylic acids is 4. The van der Waals surface area contributed by atoms with Gasteiger partial charge >= 0.3 is 0 Å². The fourth-order valence-electron chi connectivity index (χ4n) is 9.63. The number of nitrogens with zero attached hydrogens (tertiary/aromatic N) is 2. The second kappa shape index (κ2) is 25.9. The topological polar surface area (TPSA) is 123 Å². The highest BCUT2D eigenvalue weighted by Gasteiger charge is 2.39. The van der Waals surface area contributed by atoms with Gasteiger partial charge in [0.2, 0.25) is 23.6 Å². The Morgan fingerprint density at radius 3 is 1.48 bits per heavy atom. The fraction of sp³-hybridized carbons (Fsp3) is 0.491. The maximum atomic E-state index is 13.6. The van der Waals surface area contributed by atoms with Crippen LogP contribution in [-0.2, 0) is 45.0 Å². The largest absolute Gasteiger partial charge is 0.356 e. The molecule has 4 aromatic rings. The summed E-state index contributed by atoms with van der Waals surface area (Å²) >= 11 is 5.89. The van der Waals surface area contributed by atoms with E-state index in [-0.39, 0.29) is 84.8 Å². The van der Waals surface area contributed by atoms with Gasteiger partial charge in [-0.25, -0.2) is 4.39 Å². The molecule has 4 N–H and O–H groups in total. The molecule has 10 nitrogen and oxygen atoms in total. The number of rotatable bonds is 19. The molecule has 2 aliphatic carbocycles. The maximum absolute atomic E-state index is 13.6. The summed E-state index contributed by atoms with van der Waals surface area (Å²) < 4.78 is 13.6. The lowest BCUT2D eigenvalue weighted by Gasteiger charge is -2.45. The Kier molecular flexibility index (Phi) is 20.4. The summed E-state index contributed by atoms with van der Waals surface area (Å²) in [6, 6.07) is 31.7. The minimum Gasteiger partial charge on any atom is -0.356 e. The average Bonchev–Trinajstić information content (AvgIpc) is 3.29. The van der Waals surface area contributed by atoms with Crippen molar-refractivity contribution in [2.24, 2.45) is 0 Å². The van der Waals surface area contributed by atoms with Crippen molar-refractivity contribution in [2.45, 2.75) is 140 Å². The van der Waals surface area contributed by atoms with Crippen molar-refractivity contribution >= 4 is 35.2 Å². The van der Waals surface area contributed by atoms with Crippen LogP contribution >= 0.6 is 11.6 Å². The van der Waals surface area contributed by atoms with Crippen molar-refractivity contribution in [3.63, 3.8) is 0 Å². The molecule has 4 aromatic carbocycles. The average molecular weight is 938 g/mol. The van der Waals surface area contributed by atoms with Gasteiger partial charge in [-0.1, -0.05) is 102 Å². The van der Waals surface area contributed by atoms with Gasteiger partial charge in [0, 0.05) is 72.5 Å². The van der Waals surface area contributed by atoms with Gasteiger partial charge < -0.3 is 31.1 Å². The molecule has 0 aliphatic heterocycles. The van der Waals surface area contributed by atoms with Gasteiger partial charge in [-0.2, -0.15) is 0 Å². The first-order valence-corrected chi connectivity index (χ1v) is 24.5.